The second kappa shape index (κ2) is 4.69. The predicted molar refractivity (Wildman–Crippen MR) is 60.1 cm³/mol. The highest BCUT2D eigenvalue weighted by atomic mass is 19.4. The first-order chi connectivity index (χ1) is 9.24. The van der Waals surface area contributed by atoms with Crippen molar-refractivity contribution in [2.24, 2.45) is 0 Å². The van der Waals surface area contributed by atoms with Gasteiger partial charge in [-0.15, -0.1) is 0 Å². The predicted octanol–water partition coefficient (Wildman–Crippen LogP) is 1.29. The van der Waals surface area contributed by atoms with E-state index in [-0.39, 0.29) is 5.75 Å². The van der Waals surface area contributed by atoms with Crippen molar-refractivity contribution in [2.75, 3.05) is 13.1 Å². The van der Waals surface area contributed by atoms with Crippen LogP contribution in [0.4, 0.5) is 13.2 Å². The molecule has 2 rings (SSSR count). The minimum absolute atomic E-state index is 0.217. The van der Waals surface area contributed by atoms with Crippen molar-refractivity contribution in [2.45, 2.75) is 11.8 Å². The molecule has 0 aliphatic carbocycles. The van der Waals surface area contributed by atoms with Crippen molar-refractivity contribution in [1.29, 1.82) is 0 Å². The van der Waals surface area contributed by atoms with Gasteiger partial charge in [-0.3, -0.25) is 4.79 Å². The number of halogens is 3. The van der Waals surface area contributed by atoms with E-state index < -0.39 is 36.7 Å². The lowest BCUT2D eigenvalue weighted by molar-refractivity contribution is -0.205. The topological polar surface area (TPSA) is 66.8 Å². The minimum atomic E-state index is -5.02. The molecule has 0 aromatic heterocycles. The molecule has 0 spiro atoms. The molecule has 108 valence electrons. The Balaban J connectivity index is 2.09. The maximum Gasteiger partial charge on any atom is 0.471 e. The minimum Gasteiger partial charge on any atom is -0.478 e. The first-order valence-corrected chi connectivity index (χ1v) is 5.58. The summed E-state index contributed by atoms with van der Waals surface area (Å²) in [4.78, 5) is 22.5. The van der Waals surface area contributed by atoms with Crippen LogP contribution < -0.4 is 4.74 Å². The van der Waals surface area contributed by atoms with Crippen LogP contribution in [0.15, 0.2) is 30.3 Å². The molecule has 0 unspecified atom stereocenters. The molecule has 5 nitrogen and oxygen atoms in total. The van der Waals surface area contributed by atoms with E-state index in [0.717, 1.165) is 0 Å². The van der Waals surface area contributed by atoms with E-state index in [1.54, 1.807) is 18.2 Å². The van der Waals surface area contributed by atoms with Gasteiger partial charge in [0.1, 0.15) is 5.75 Å². The Labute approximate surface area is 111 Å². The number of aliphatic carboxylic acids is 1. The van der Waals surface area contributed by atoms with Crippen molar-refractivity contribution in [3.8, 4) is 5.75 Å². The highest BCUT2D eigenvalue weighted by Gasteiger charge is 2.58. The second-order valence-corrected chi connectivity index (χ2v) is 4.37. The Hall–Kier alpha value is -2.25. The average molecular weight is 289 g/mol. The number of ether oxygens (including phenoxy) is 1. The van der Waals surface area contributed by atoms with E-state index >= 15 is 0 Å². The van der Waals surface area contributed by atoms with Gasteiger partial charge in [-0.2, -0.15) is 13.2 Å². The molecule has 1 aliphatic rings. The molecule has 20 heavy (non-hydrogen) atoms. The standard InChI is InChI=1S/C12H10F3NO4/c13-12(14,15)9(17)16-6-11(7-16,10(18)19)20-8-4-2-1-3-5-8/h1-5H,6-7H2,(H,18,19). The zero-order valence-electron chi connectivity index (χ0n) is 10.1. The van der Waals surface area contributed by atoms with Crippen LogP contribution in [0.2, 0.25) is 0 Å². The van der Waals surface area contributed by atoms with Crippen molar-refractivity contribution in [1.82, 2.24) is 4.90 Å². The molecule has 1 aliphatic heterocycles. The van der Waals surface area contributed by atoms with E-state index in [2.05, 4.69) is 0 Å². The lowest BCUT2D eigenvalue weighted by atomic mass is 9.93. The van der Waals surface area contributed by atoms with Crippen molar-refractivity contribution in [3.05, 3.63) is 30.3 Å². The summed E-state index contributed by atoms with van der Waals surface area (Å²) in [5, 5.41) is 9.10. The van der Waals surface area contributed by atoms with Crippen LogP contribution in [0.5, 0.6) is 5.75 Å². The summed E-state index contributed by atoms with van der Waals surface area (Å²) in [5.41, 5.74) is -1.83. The molecule has 0 bridgehead atoms. The molecular formula is C12H10F3NO4. The SMILES string of the molecule is O=C(N1CC(Oc2ccccc2)(C(=O)O)C1)C(F)(F)F. The lowest BCUT2D eigenvalue weighted by Crippen LogP contribution is -2.71. The largest absolute Gasteiger partial charge is 0.478 e. The molecule has 1 aromatic rings. The molecule has 0 radical (unpaired) electrons. The third kappa shape index (κ3) is 2.54. The van der Waals surface area contributed by atoms with Crippen molar-refractivity contribution in [3.63, 3.8) is 0 Å². The molecule has 1 heterocycles. The highest BCUT2D eigenvalue weighted by molar-refractivity contribution is 5.88. The molecule has 8 heteroatoms. The Morgan fingerprint density at radius 1 is 1.20 bits per heavy atom. The molecule has 0 saturated carbocycles. The summed E-state index contributed by atoms with van der Waals surface area (Å²) in [7, 11) is 0. The number of carbonyl (C=O) groups excluding carboxylic acids is 1. The van der Waals surface area contributed by atoms with Crippen LogP contribution in [-0.2, 0) is 9.59 Å². The van der Waals surface area contributed by atoms with Crippen LogP contribution in [-0.4, -0.2) is 46.7 Å². The van der Waals surface area contributed by atoms with Crippen LogP contribution in [0, 0.1) is 0 Å². The fourth-order valence-corrected chi connectivity index (χ4v) is 1.85. The van der Waals surface area contributed by atoms with Gasteiger partial charge in [-0.05, 0) is 12.1 Å². The van der Waals surface area contributed by atoms with Crippen LogP contribution in [0.1, 0.15) is 0 Å². The van der Waals surface area contributed by atoms with Gasteiger partial charge in [0.15, 0.2) is 0 Å². The maximum atomic E-state index is 12.2. The zero-order valence-corrected chi connectivity index (χ0v) is 10.1. The Bertz CT molecular complexity index is 523. The van der Waals surface area contributed by atoms with Crippen molar-refractivity contribution >= 4 is 11.9 Å². The smallest absolute Gasteiger partial charge is 0.471 e. The number of likely N-dealkylation sites (tertiary alicyclic amines) is 1. The molecule has 0 atom stereocenters. The van der Waals surface area contributed by atoms with E-state index in [9.17, 15) is 22.8 Å². The van der Waals surface area contributed by atoms with E-state index in [4.69, 9.17) is 9.84 Å². The second-order valence-electron chi connectivity index (χ2n) is 4.37. The lowest BCUT2D eigenvalue weighted by Gasteiger charge is -2.46. The number of hydrogen-bond acceptors (Lipinski definition) is 3. The van der Waals surface area contributed by atoms with Gasteiger partial charge in [0, 0.05) is 0 Å². The number of carbonyl (C=O) groups is 2. The van der Waals surface area contributed by atoms with Crippen LogP contribution in [0.3, 0.4) is 0 Å². The molecule has 1 amide bonds. The van der Waals surface area contributed by atoms with Crippen molar-refractivity contribution < 1.29 is 32.6 Å². The quantitative estimate of drug-likeness (QED) is 0.910. The van der Waals surface area contributed by atoms with Gasteiger partial charge in [0.2, 0.25) is 5.60 Å². The van der Waals surface area contributed by atoms with Gasteiger partial charge >= 0.3 is 18.1 Å². The summed E-state index contributed by atoms with van der Waals surface area (Å²) >= 11 is 0. The third-order valence-electron chi connectivity index (χ3n) is 2.87. The fraction of sp³-hybridized carbons (Fsp3) is 0.333. The molecule has 1 saturated heterocycles. The molecular weight excluding hydrogens is 279 g/mol. The number of rotatable bonds is 3. The number of nitrogens with zero attached hydrogens (tertiary/aromatic N) is 1. The van der Waals surface area contributed by atoms with Crippen LogP contribution in [0.25, 0.3) is 0 Å². The highest BCUT2D eigenvalue weighted by Crippen LogP contribution is 2.31. The zero-order chi connectivity index (χ0) is 15.0. The van der Waals surface area contributed by atoms with Crippen LogP contribution >= 0.6 is 0 Å². The van der Waals surface area contributed by atoms with Gasteiger partial charge in [-0.1, -0.05) is 18.2 Å². The summed E-state index contributed by atoms with van der Waals surface area (Å²) < 4.78 is 41.9. The van der Waals surface area contributed by atoms with Gasteiger partial charge in [0.25, 0.3) is 0 Å². The van der Waals surface area contributed by atoms with E-state index in [1.807, 2.05) is 0 Å². The monoisotopic (exact) mass is 289 g/mol. The van der Waals surface area contributed by atoms with Gasteiger partial charge in [-0.25, -0.2) is 4.79 Å². The maximum absolute atomic E-state index is 12.2. The van der Waals surface area contributed by atoms with E-state index in [0.29, 0.717) is 4.90 Å². The molecule has 1 N–H and O–H groups in total. The average Bonchev–Trinajstić information content (AvgIpc) is 2.32. The fourth-order valence-electron chi connectivity index (χ4n) is 1.85. The molecule has 1 aromatic carbocycles. The summed E-state index contributed by atoms with van der Waals surface area (Å²) in [6.45, 7) is -1.29. The number of para-hydroxylation sites is 1. The summed E-state index contributed by atoms with van der Waals surface area (Å²) in [5.74, 6) is -3.26. The Morgan fingerprint density at radius 3 is 2.20 bits per heavy atom. The summed E-state index contributed by atoms with van der Waals surface area (Å²) in [6.07, 6.45) is -5.02. The van der Waals surface area contributed by atoms with Gasteiger partial charge < -0.3 is 14.7 Å². The number of carboxylic acids is 1. The third-order valence-corrected chi connectivity index (χ3v) is 2.87. The van der Waals surface area contributed by atoms with Gasteiger partial charge in [0.05, 0.1) is 13.1 Å². The number of alkyl halides is 3. The molecule has 1 fully saturated rings. The number of carboxylic acid groups (broad SMARTS) is 1. The Morgan fingerprint density at radius 2 is 1.75 bits per heavy atom. The number of hydrogen-bond donors (Lipinski definition) is 1. The summed E-state index contributed by atoms with van der Waals surface area (Å²) in [6, 6.07) is 7.85. The van der Waals surface area contributed by atoms with E-state index in [1.165, 1.54) is 12.1 Å². The number of benzene rings is 1. The Kier molecular flexibility index (Phi) is 3.33. The first-order valence-electron chi connectivity index (χ1n) is 5.58. The number of amides is 1. The normalized spacial score (nSPS) is 17.2. The first kappa shape index (κ1) is 14.2.